The molecule has 2 amide bonds. The standard InChI is InChI=1S/C20H24N4O/c1-20(2,16-7-10-21-11-8-16)14-24-19(25)23-12-6-15-4-3-5-18-17(15)9-13-22-18/h3-5,7-11,13,22H,6,12,14H2,1-2H3,(H2,23,24,25). The van der Waals surface area contributed by atoms with Gasteiger partial charge in [-0.2, -0.15) is 0 Å². The summed E-state index contributed by atoms with van der Waals surface area (Å²) in [5, 5.41) is 7.11. The quantitative estimate of drug-likeness (QED) is 0.646. The maximum Gasteiger partial charge on any atom is 0.314 e. The SMILES string of the molecule is CC(C)(CNC(=O)NCCc1cccc2[nH]ccc12)c1ccncc1. The molecule has 5 nitrogen and oxygen atoms in total. The van der Waals surface area contributed by atoms with Crippen LogP contribution < -0.4 is 10.6 Å². The molecule has 3 N–H and O–H groups in total. The average Bonchev–Trinajstić information content (AvgIpc) is 3.10. The first-order chi connectivity index (χ1) is 12.1. The van der Waals surface area contributed by atoms with E-state index in [1.165, 1.54) is 10.9 Å². The molecule has 2 aromatic heterocycles. The van der Waals surface area contributed by atoms with Gasteiger partial charge in [0, 0.05) is 48.0 Å². The molecule has 2 heterocycles. The zero-order valence-corrected chi connectivity index (χ0v) is 14.7. The lowest BCUT2D eigenvalue weighted by atomic mass is 9.85. The Balaban J connectivity index is 1.48. The molecule has 0 saturated heterocycles. The monoisotopic (exact) mass is 336 g/mol. The smallest absolute Gasteiger partial charge is 0.314 e. The summed E-state index contributed by atoms with van der Waals surface area (Å²) in [5.74, 6) is 0. The fraction of sp³-hybridized carbons (Fsp3) is 0.300. The zero-order chi connectivity index (χ0) is 17.7. The molecule has 0 bridgehead atoms. The number of pyridine rings is 1. The summed E-state index contributed by atoms with van der Waals surface area (Å²) in [7, 11) is 0. The van der Waals surface area contributed by atoms with Gasteiger partial charge >= 0.3 is 6.03 Å². The average molecular weight is 336 g/mol. The van der Waals surface area contributed by atoms with Crippen LogP contribution >= 0.6 is 0 Å². The maximum absolute atomic E-state index is 12.1. The lowest BCUT2D eigenvalue weighted by Gasteiger charge is -2.25. The van der Waals surface area contributed by atoms with Crippen molar-refractivity contribution in [3.8, 4) is 0 Å². The molecule has 0 unspecified atom stereocenters. The van der Waals surface area contributed by atoms with Crippen LogP contribution in [-0.2, 0) is 11.8 Å². The number of fused-ring (bicyclic) bond motifs is 1. The van der Waals surface area contributed by atoms with Crippen molar-refractivity contribution in [3.05, 3.63) is 66.1 Å². The van der Waals surface area contributed by atoms with Gasteiger partial charge in [0.25, 0.3) is 0 Å². The first kappa shape index (κ1) is 17.0. The van der Waals surface area contributed by atoms with E-state index in [-0.39, 0.29) is 11.4 Å². The van der Waals surface area contributed by atoms with Gasteiger partial charge in [0.15, 0.2) is 0 Å². The predicted octanol–water partition coefficient (Wildman–Crippen LogP) is 3.38. The number of amides is 2. The Hall–Kier alpha value is -2.82. The van der Waals surface area contributed by atoms with Crippen molar-refractivity contribution in [2.75, 3.05) is 13.1 Å². The predicted molar refractivity (Wildman–Crippen MR) is 101 cm³/mol. The minimum Gasteiger partial charge on any atom is -0.361 e. The molecular formula is C20H24N4O. The molecule has 3 aromatic rings. The van der Waals surface area contributed by atoms with Crippen LogP contribution in [0.15, 0.2) is 55.0 Å². The first-order valence-corrected chi connectivity index (χ1v) is 8.53. The van der Waals surface area contributed by atoms with E-state index >= 15 is 0 Å². The van der Waals surface area contributed by atoms with Crippen molar-refractivity contribution in [3.63, 3.8) is 0 Å². The van der Waals surface area contributed by atoms with Gasteiger partial charge in [-0.3, -0.25) is 4.98 Å². The molecule has 3 rings (SSSR count). The molecule has 0 aliphatic heterocycles. The highest BCUT2D eigenvalue weighted by Crippen LogP contribution is 2.21. The van der Waals surface area contributed by atoms with Crippen molar-refractivity contribution in [1.29, 1.82) is 0 Å². The zero-order valence-electron chi connectivity index (χ0n) is 14.7. The fourth-order valence-corrected chi connectivity index (χ4v) is 2.95. The van der Waals surface area contributed by atoms with E-state index < -0.39 is 0 Å². The molecule has 25 heavy (non-hydrogen) atoms. The molecule has 0 spiro atoms. The number of carbonyl (C=O) groups excluding carboxylic acids is 1. The first-order valence-electron chi connectivity index (χ1n) is 8.53. The molecule has 0 atom stereocenters. The largest absolute Gasteiger partial charge is 0.361 e. The number of nitrogens with zero attached hydrogens (tertiary/aromatic N) is 1. The van der Waals surface area contributed by atoms with Gasteiger partial charge in [0.05, 0.1) is 0 Å². The Labute approximate surface area is 147 Å². The van der Waals surface area contributed by atoms with E-state index in [9.17, 15) is 4.79 Å². The van der Waals surface area contributed by atoms with Gasteiger partial charge in [-0.25, -0.2) is 4.79 Å². The normalized spacial score (nSPS) is 11.4. The maximum atomic E-state index is 12.1. The Morgan fingerprint density at radius 2 is 1.92 bits per heavy atom. The number of hydrogen-bond donors (Lipinski definition) is 3. The van der Waals surface area contributed by atoms with Crippen molar-refractivity contribution in [2.45, 2.75) is 25.7 Å². The number of aromatic amines is 1. The summed E-state index contributed by atoms with van der Waals surface area (Å²) in [4.78, 5) is 19.3. The molecule has 0 saturated carbocycles. The van der Waals surface area contributed by atoms with Crippen LogP contribution in [0.3, 0.4) is 0 Å². The van der Waals surface area contributed by atoms with Crippen LogP contribution in [0, 0.1) is 0 Å². The number of rotatable bonds is 6. The van der Waals surface area contributed by atoms with Crippen molar-refractivity contribution < 1.29 is 4.79 Å². The number of aromatic nitrogens is 2. The number of benzene rings is 1. The number of hydrogen-bond acceptors (Lipinski definition) is 2. The molecule has 0 aliphatic rings. The summed E-state index contributed by atoms with van der Waals surface area (Å²) in [6, 6.07) is 12.1. The number of H-pyrrole nitrogens is 1. The molecular weight excluding hydrogens is 312 g/mol. The molecule has 1 aromatic carbocycles. The summed E-state index contributed by atoms with van der Waals surface area (Å²) in [6.45, 7) is 5.38. The van der Waals surface area contributed by atoms with Gasteiger partial charge in [-0.1, -0.05) is 26.0 Å². The van der Waals surface area contributed by atoms with Crippen molar-refractivity contribution in [1.82, 2.24) is 20.6 Å². The number of nitrogens with one attached hydrogen (secondary N) is 3. The van der Waals surface area contributed by atoms with Crippen LogP contribution in [0.1, 0.15) is 25.0 Å². The van der Waals surface area contributed by atoms with Crippen LogP contribution in [0.2, 0.25) is 0 Å². The summed E-state index contributed by atoms with van der Waals surface area (Å²) in [6.07, 6.45) is 6.30. The second kappa shape index (κ2) is 7.38. The summed E-state index contributed by atoms with van der Waals surface area (Å²) in [5.41, 5.74) is 3.37. The fourth-order valence-electron chi connectivity index (χ4n) is 2.95. The van der Waals surface area contributed by atoms with E-state index in [2.05, 4.69) is 52.6 Å². The van der Waals surface area contributed by atoms with Crippen molar-refractivity contribution in [2.24, 2.45) is 0 Å². The highest BCUT2D eigenvalue weighted by atomic mass is 16.2. The van der Waals surface area contributed by atoms with Gasteiger partial charge in [-0.05, 0) is 41.8 Å². The van der Waals surface area contributed by atoms with E-state index in [0.717, 1.165) is 17.5 Å². The third-order valence-electron chi connectivity index (χ3n) is 4.52. The summed E-state index contributed by atoms with van der Waals surface area (Å²) < 4.78 is 0. The lowest BCUT2D eigenvalue weighted by Crippen LogP contribution is -2.42. The molecule has 130 valence electrons. The van der Waals surface area contributed by atoms with Gasteiger partial charge in [0.1, 0.15) is 0 Å². The number of urea groups is 1. The summed E-state index contributed by atoms with van der Waals surface area (Å²) >= 11 is 0. The third kappa shape index (κ3) is 4.18. The second-order valence-electron chi connectivity index (χ2n) is 6.84. The van der Waals surface area contributed by atoms with E-state index in [1.807, 2.05) is 24.4 Å². The molecule has 0 aliphatic carbocycles. The second-order valence-corrected chi connectivity index (χ2v) is 6.84. The minimum absolute atomic E-state index is 0.136. The van der Waals surface area contributed by atoms with Gasteiger partial charge in [-0.15, -0.1) is 0 Å². The molecule has 0 fully saturated rings. The Bertz CT molecular complexity index is 839. The Kier molecular flexibility index (Phi) is 5.03. The highest BCUT2D eigenvalue weighted by Gasteiger charge is 2.21. The Morgan fingerprint density at radius 1 is 1.12 bits per heavy atom. The third-order valence-corrected chi connectivity index (χ3v) is 4.52. The lowest BCUT2D eigenvalue weighted by molar-refractivity contribution is 0.238. The molecule has 5 heteroatoms. The highest BCUT2D eigenvalue weighted by molar-refractivity contribution is 5.83. The van der Waals surface area contributed by atoms with Crippen LogP contribution in [0.5, 0.6) is 0 Å². The minimum atomic E-state index is -0.142. The van der Waals surface area contributed by atoms with Gasteiger partial charge < -0.3 is 15.6 Å². The molecule has 0 radical (unpaired) electrons. The Morgan fingerprint density at radius 3 is 2.72 bits per heavy atom. The topological polar surface area (TPSA) is 69.8 Å². The van der Waals surface area contributed by atoms with Crippen LogP contribution in [0.4, 0.5) is 4.79 Å². The van der Waals surface area contributed by atoms with Crippen LogP contribution in [0.25, 0.3) is 10.9 Å². The van der Waals surface area contributed by atoms with E-state index in [4.69, 9.17) is 0 Å². The van der Waals surface area contributed by atoms with Gasteiger partial charge in [0.2, 0.25) is 0 Å². The number of carbonyl (C=O) groups is 1. The van der Waals surface area contributed by atoms with E-state index in [1.54, 1.807) is 12.4 Å². The van der Waals surface area contributed by atoms with Crippen LogP contribution in [-0.4, -0.2) is 29.1 Å². The van der Waals surface area contributed by atoms with Crippen molar-refractivity contribution >= 4 is 16.9 Å². The van der Waals surface area contributed by atoms with E-state index in [0.29, 0.717) is 13.1 Å².